The highest BCUT2D eigenvalue weighted by Crippen LogP contribution is 2.21. The molecule has 0 fully saturated rings. The van der Waals surface area contributed by atoms with Crippen LogP contribution in [0.15, 0.2) is 4.99 Å². The Kier molecular flexibility index (Phi) is 15.1. The van der Waals surface area contributed by atoms with Crippen LogP contribution in [0.3, 0.4) is 0 Å². The van der Waals surface area contributed by atoms with Crippen molar-refractivity contribution in [2.75, 3.05) is 20.1 Å². The quantitative estimate of drug-likeness (QED) is 0.217. The molecule has 0 radical (unpaired) electrons. The van der Waals surface area contributed by atoms with E-state index in [4.69, 9.17) is 27.1 Å². The molecule has 1 aliphatic heterocycles. The van der Waals surface area contributed by atoms with Gasteiger partial charge in [-0.25, -0.2) is 4.99 Å². The molecule has 0 aliphatic carbocycles. The number of nitrogens with one attached hydrogen (secondary N) is 2. The number of carboxylic acid groups (broad SMARTS) is 2. The molecule has 1 rings (SSSR count). The highest BCUT2D eigenvalue weighted by atomic mass is 16.4. The van der Waals surface area contributed by atoms with Gasteiger partial charge in [0.15, 0.2) is 11.9 Å². The number of aliphatic carboxylic acids is 2. The number of aliphatic imine (C=N–C) groups is 1. The zero-order valence-electron chi connectivity index (χ0n) is 16.0. The van der Waals surface area contributed by atoms with Crippen LogP contribution in [0.2, 0.25) is 0 Å². The lowest BCUT2D eigenvalue weighted by molar-refractivity contribution is -0.307. The standard InChI is InChI=1S/C8H16O3.C4H9N3O2.C3H5N3O.CH4/c1-8(2,3)5-6(9)4-7(10)11;1-7(4(5)6)2-3(8)9;4-3-5-1-2(7)6-3;/h6,9H,4-5H2,1-3H3,(H,10,11);2H2,1H3,(H3,5,6)(H,8,9);1H2,(H3,4,5,6,7);1H4/p-1/t6-;;;/m0.../s1. The van der Waals surface area contributed by atoms with Crippen LogP contribution in [0.25, 0.3) is 0 Å². The van der Waals surface area contributed by atoms with Crippen LogP contribution in [0, 0.1) is 10.8 Å². The van der Waals surface area contributed by atoms with Crippen LogP contribution in [-0.2, 0) is 14.4 Å². The van der Waals surface area contributed by atoms with Gasteiger partial charge < -0.3 is 36.5 Å². The molecule has 1 aliphatic rings. The number of amides is 1. The van der Waals surface area contributed by atoms with E-state index in [0.29, 0.717) is 6.42 Å². The third-order valence-corrected chi connectivity index (χ3v) is 2.69. The number of carbonyl (C=O) groups excluding carboxylic acids is 2. The number of carboxylic acids is 2. The number of rotatable bonds is 5. The zero-order chi connectivity index (χ0) is 21.8. The topological polar surface area (TPSA) is 218 Å². The van der Waals surface area contributed by atoms with Crippen LogP contribution in [0.1, 0.15) is 41.0 Å². The fourth-order valence-electron chi connectivity index (χ4n) is 1.64. The van der Waals surface area contributed by atoms with Crippen LogP contribution in [-0.4, -0.2) is 71.1 Å². The van der Waals surface area contributed by atoms with Crippen molar-refractivity contribution in [1.29, 1.82) is 5.41 Å². The summed E-state index contributed by atoms with van der Waals surface area (Å²) in [5.74, 6) is -2.32. The summed E-state index contributed by atoms with van der Waals surface area (Å²) in [5.41, 5.74) is 9.94. The van der Waals surface area contributed by atoms with Crippen molar-refractivity contribution in [3.63, 3.8) is 0 Å². The van der Waals surface area contributed by atoms with E-state index < -0.39 is 18.0 Å². The van der Waals surface area contributed by atoms with Gasteiger partial charge in [0.25, 0.3) is 0 Å². The first-order valence-electron chi connectivity index (χ1n) is 7.88. The van der Waals surface area contributed by atoms with Crippen LogP contribution >= 0.6 is 0 Å². The van der Waals surface area contributed by atoms with Gasteiger partial charge in [-0.15, -0.1) is 0 Å². The van der Waals surface area contributed by atoms with Crippen LogP contribution in [0.5, 0.6) is 0 Å². The molecular formula is C16H33N6O6-. The maximum Gasteiger partial charge on any atom is 0.323 e. The average Bonchev–Trinajstić information content (AvgIpc) is 2.79. The summed E-state index contributed by atoms with van der Waals surface area (Å²) in [6.07, 6.45) is -0.557. The molecule has 0 aromatic carbocycles. The molecule has 0 unspecified atom stereocenters. The molecule has 0 spiro atoms. The minimum atomic E-state index is -1.19. The molecule has 0 aromatic heterocycles. The first kappa shape index (κ1) is 29.9. The van der Waals surface area contributed by atoms with E-state index in [0.717, 1.165) is 4.90 Å². The monoisotopic (exact) mass is 405 g/mol. The number of likely N-dealkylation sites (N-methyl/N-ethyl adjacent to an activating group) is 1. The third-order valence-electron chi connectivity index (χ3n) is 2.69. The molecule has 8 N–H and O–H groups in total. The summed E-state index contributed by atoms with van der Waals surface area (Å²) in [7, 11) is 1.44. The molecule has 0 aromatic rings. The highest BCUT2D eigenvalue weighted by Gasteiger charge is 2.16. The minimum Gasteiger partial charge on any atom is -0.550 e. The van der Waals surface area contributed by atoms with Crippen molar-refractivity contribution < 1.29 is 29.7 Å². The normalized spacial score (nSPS) is 13.2. The number of nitrogens with zero attached hydrogens (tertiary/aromatic N) is 2. The van der Waals surface area contributed by atoms with E-state index in [2.05, 4.69) is 10.3 Å². The SMILES string of the molecule is C.CC(C)(C)C[C@@H](O)CC(=O)[O-].CN(CC(=O)O)C(=N)N.NC1=NCC(=O)N1. The van der Waals surface area contributed by atoms with Crippen LogP contribution < -0.4 is 21.9 Å². The third kappa shape index (κ3) is 21.2. The first-order chi connectivity index (χ1) is 12.1. The predicted octanol–water partition coefficient (Wildman–Crippen LogP) is -2.11. The lowest BCUT2D eigenvalue weighted by atomic mass is 9.88. The van der Waals surface area contributed by atoms with Crippen molar-refractivity contribution in [1.82, 2.24) is 10.2 Å². The summed E-state index contributed by atoms with van der Waals surface area (Å²) >= 11 is 0. The first-order valence-corrected chi connectivity index (χ1v) is 7.88. The second kappa shape index (κ2) is 14.2. The predicted molar refractivity (Wildman–Crippen MR) is 103 cm³/mol. The van der Waals surface area contributed by atoms with Gasteiger partial charge in [-0.3, -0.25) is 20.3 Å². The van der Waals surface area contributed by atoms with Gasteiger partial charge >= 0.3 is 5.97 Å². The largest absolute Gasteiger partial charge is 0.550 e. The summed E-state index contributed by atoms with van der Waals surface area (Å²) in [4.78, 5) is 34.8. The van der Waals surface area contributed by atoms with Crippen molar-refractivity contribution in [3.8, 4) is 0 Å². The van der Waals surface area contributed by atoms with Crippen molar-refractivity contribution in [2.45, 2.75) is 47.1 Å². The maximum absolute atomic E-state index is 10.1. The molecule has 164 valence electrons. The van der Waals surface area contributed by atoms with Gasteiger partial charge in [0.05, 0.1) is 6.10 Å². The summed E-state index contributed by atoms with van der Waals surface area (Å²) in [6.45, 7) is 5.81. The number of guanidine groups is 2. The van der Waals surface area contributed by atoms with Gasteiger partial charge in [0.2, 0.25) is 5.91 Å². The van der Waals surface area contributed by atoms with E-state index in [-0.39, 0.29) is 50.2 Å². The lowest BCUT2D eigenvalue weighted by Gasteiger charge is -2.22. The molecule has 0 bridgehead atoms. The van der Waals surface area contributed by atoms with Crippen molar-refractivity contribution >= 4 is 29.8 Å². The summed E-state index contributed by atoms with van der Waals surface area (Å²) in [6, 6.07) is 0. The van der Waals surface area contributed by atoms with Gasteiger partial charge in [-0.1, -0.05) is 28.2 Å². The Hall–Kier alpha value is -2.89. The molecule has 1 heterocycles. The molecule has 12 nitrogen and oxygen atoms in total. The van der Waals surface area contributed by atoms with E-state index in [1.807, 2.05) is 20.8 Å². The Balaban J connectivity index is -0.000000336. The van der Waals surface area contributed by atoms with Crippen molar-refractivity contribution in [2.24, 2.45) is 21.9 Å². The van der Waals surface area contributed by atoms with E-state index in [1.54, 1.807) is 0 Å². The summed E-state index contributed by atoms with van der Waals surface area (Å²) in [5, 5.41) is 36.3. The molecule has 1 amide bonds. The fourth-order valence-corrected chi connectivity index (χ4v) is 1.64. The number of carbonyl (C=O) groups is 3. The Morgan fingerprint density at radius 1 is 1.43 bits per heavy atom. The smallest absolute Gasteiger partial charge is 0.323 e. The Morgan fingerprint density at radius 2 is 1.93 bits per heavy atom. The number of aliphatic hydroxyl groups is 1. The van der Waals surface area contributed by atoms with Gasteiger partial charge in [-0.2, -0.15) is 0 Å². The van der Waals surface area contributed by atoms with Gasteiger partial charge in [-0.05, 0) is 11.8 Å². The van der Waals surface area contributed by atoms with E-state index in [9.17, 15) is 19.5 Å². The molecule has 0 saturated carbocycles. The number of hydrogen-bond acceptors (Lipinski definition) is 8. The summed E-state index contributed by atoms with van der Waals surface area (Å²) < 4.78 is 0. The average molecular weight is 405 g/mol. The molecule has 1 atom stereocenters. The Bertz CT molecular complexity index is 558. The number of nitrogens with two attached hydrogens (primary N) is 2. The lowest BCUT2D eigenvalue weighted by Crippen LogP contribution is -2.36. The minimum absolute atomic E-state index is 0. The second-order valence-corrected chi connectivity index (χ2v) is 6.88. The fraction of sp³-hybridized carbons (Fsp3) is 0.688. The van der Waals surface area contributed by atoms with Gasteiger partial charge in [0.1, 0.15) is 13.1 Å². The number of aliphatic hydroxyl groups excluding tert-OH is 1. The zero-order valence-corrected chi connectivity index (χ0v) is 16.0. The van der Waals surface area contributed by atoms with E-state index in [1.165, 1.54) is 7.05 Å². The Morgan fingerprint density at radius 3 is 2.11 bits per heavy atom. The molecule has 12 heteroatoms. The molecule has 28 heavy (non-hydrogen) atoms. The van der Waals surface area contributed by atoms with Gasteiger partial charge in [0, 0.05) is 19.4 Å². The van der Waals surface area contributed by atoms with E-state index >= 15 is 0 Å². The highest BCUT2D eigenvalue weighted by molar-refractivity contribution is 6.02. The molecule has 0 saturated heterocycles. The van der Waals surface area contributed by atoms with Crippen molar-refractivity contribution in [3.05, 3.63) is 0 Å². The molecular weight excluding hydrogens is 372 g/mol. The number of hydrogen-bond donors (Lipinski definition) is 6. The van der Waals surface area contributed by atoms with Crippen LogP contribution in [0.4, 0.5) is 0 Å². The maximum atomic E-state index is 10.1. The Labute approximate surface area is 165 Å². The second-order valence-electron chi connectivity index (χ2n) is 6.88.